The zero-order valence-electron chi connectivity index (χ0n) is 5.96. The first-order valence-electron chi connectivity index (χ1n) is 3.25. The van der Waals surface area contributed by atoms with E-state index in [0.29, 0.717) is 10.0 Å². The Bertz CT molecular complexity index is 435. The van der Waals surface area contributed by atoms with Gasteiger partial charge in [0.05, 0.1) is 21.1 Å². The van der Waals surface area contributed by atoms with E-state index < -0.39 is 0 Å². The lowest BCUT2D eigenvalue weighted by molar-refractivity contribution is 1.04. The van der Waals surface area contributed by atoms with Gasteiger partial charge in [-0.2, -0.15) is 0 Å². The lowest BCUT2D eigenvalue weighted by Gasteiger charge is -1.96. The van der Waals surface area contributed by atoms with Crippen LogP contribution < -0.4 is 5.84 Å². The molecule has 0 fully saturated rings. The third-order valence-corrected chi connectivity index (χ3v) is 2.34. The monoisotopic (exact) mass is 201 g/mol. The van der Waals surface area contributed by atoms with Gasteiger partial charge in [0, 0.05) is 0 Å². The van der Waals surface area contributed by atoms with Gasteiger partial charge in [-0.25, -0.2) is 9.66 Å². The van der Waals surface area contributed by atoms with Crippen LogP contribution in [0.1, 0.15) is 0 Å². The number of benzene rings is 1. The van der Waals surface area contributed by atoms with Crippen molar-refractivity contribution < 1.29 is 0 Å². The third-order valence-electron chi connectivity index (χ3n) is 1.62. The van der Waals surface area contributed by atoms with Crippen LogP contribution in [0.3, 0.4) is 0 Å². The standard InChI is InChI=1S/C7H5Cl2N3/c8-4-1-6-7(2-5(4)9)12(10)3-11-6/h1-3H,10H2. The fourth-order valence-corrected chi connectivity index (χ4v) is 1.34. The molecule has 0 saturated heterocycles. The molecule has 1 heterocycles. The molecule has 0 saturated carbocycles. The zero-order chi connectivity index (χ0) is 8.72. The molecule has 0 atom stereocenters. The molecule has 3 nitrogen and oxygen atoms in total. The average molecular weight is 202 g/mol. The topological polar surface area (TPSA) is 43.8 Å². The molecule has 5 heteroatoms. The maximum Gasteiger partial charge on any atom is 0.115 e. The highest BCUT2D eigenvalue weighted by atomic mass is 35.5. The number of nitrogen functional groups attached to an aromatic ring is 1. The Labute approximate surface area is 78.7 Å². The molecular weight excluding hydrogens is 197 g/mol. The molecule has 0 aliphatic heterocycles. The second kappa shape index (κ2) is 2.54. The highest BCUT2D eigenvalue weighted by molar-refractivity contribution is 6.42. The van der Waals surface area contributed by atoms with Gasteiger partial charge in [-0.1, -0.05) is 23.2 Å². The first-order valence-corrected chi connectivity index (χ1v) is 4.01. The number of imidazole rings is 1. The number of rotatable bonds is 0. The van der Waals surface area contributed by atoms with E-state index in [1.165, 1.54) is 11.0 Å². The van der Waals surface area contributed by atoms with Crippen molar-refractivity contribution in [2.75, 3.05) is 5.84 Å². The molecule has 0 amide bonds. The third kappa shape index (κ3) is 1.02. The van der Waals surface area contributed by atoms with Crippen molar-refractivity contribution in [3.63, 3.8) is 0 Å². The van der Waals surface area contributed by atoms with Crippen LogP contribution in [0.25, 0.3) is 11.0 Å². The van der Waals surface area contributed by atoms with Crippen molar-refractivity contribution >= 4 is 34.2 Å². The van der Waals surface area contributed by atoms with Crippen LogP contribution in [-0.4, -0.2) is 9.66 Å². The van der Waals surface area contributed by atoms with Crippen molar-refractivity contribution in [1.82, 2.24) is 9.66 Å². The second-order valence-corrected chi connectivity index (χ2v) is 3.22. The summed E-state index contributed by atoms with van der Waals surface area (Å²) in [5.41, 5.74) is 1.51. The molecule has 12 heavy (non-hydrogen) atoms. The molecule has 0 spiro atoms. The minimum atomic E-state index is 0.483. The summed E-state index contributed by atoms with van der Waals surface area (Å²) >= 11 is 11.6. The molecule has 2 rings (SSSR count). The van der Waals surface area contributed by atoms with Crippen molar-refractivity contribution in [2.45, 2.75) is 0 Å². The molecule has 0 unspecified atom stereocenters. The van der Waals surface area contributed by atoms with Gasteiger partial charge in [-0.3, -0.25) is 0 Å². The van der Waals surface area contributed by atoms with E-state index in [-0.39, 0.29) is 0 Å². The van der Waals surface area contributed by atoms with Crippen molar-refractivity contribution in [1.29, 1.82) is 0 Å². The number of halogens is 2. The number of hydrogen-bond acceptors (Lipinski definition) is 2. The van der Waals surface area contributed by atoms with E-state index in [0.717, 1.165) is 11.0 Å². The number of aromatic nitrogens is 2. The Morgan fingerprint density at radius 1 is 1.25 bits per heavy atom. The Hall–Kier alpha value is -0.930. The van der Waals surface area contributed by atoms with Gasteiger partial charge in [-0.15, -0.1) is 0 Å². The molecular formula is C7H5Cl2N3. The van der Waals surface area contributed by atoms with Crippen molar-refractivity contribution in [3.05, 3.63) is 28.5 Å². The number of nitrogens with zero attached hydrogens (tertiary/aromatic N) is 2. The Morgan fingerprint density at radius 2 is 1.92 bits per heavy atom. The van der Waals surface area contributed by atoms with Crippen LogP contribution >= 0.6 is 23.2 Å². The first-order chi connectivity index (χ1) is 5.68. The largest absolute Gasteiger partial charge is 0.338 e. The first kappa shape index (κ1) is 7.71. The highest BCUT2D eigenvalue weighted by Gasteiger charge is 2.04. The van der Waals surface area contributed by atoms with Crippen LogP contribution in [0.2, 0.25) is 10.0 Å². The van der Waals surface area contributed by atoms with Crippen LogP contribution in [0, 0.1) is 0 Å². The molecule has 62 valence electrons. The summed E-state index contributed by atoms with van der Waals surface area (Å²) in [6.45, 7) is 0. The van der Waals surface area contributed by atoms with Gasteiger partial charge < -0.3 is 5.84 Å². The summed E-state index contributed by atoms with van der Waals surface area (Å²) in [4.78, 5) is 4.02. The molecule has 2 N–H and O–H groups in total. The van der Waals surface area contributed by atoms with Gasteiger partial charge in [0.25, 0.3) is 0 Å². The maximum atomic E-state index is 5.79. The van der Waals surface area contributed by atoms with Crippen molar-refractivity contribution in [2.24, 2.45) is 0 Å². The number of fused-ring (bicyclic) bond motifs is 1. The summed E-state index contributed by atoms with van der Waals surface area (Å²) in [7, 11) is 0. The molecule has 0 aliphatic rings. The van der Waals surface area contributed by atoms with Crippen LogP contribution in [-0.2, 0) is 0 Å². The summed E-state index contributed by atoms with van der Waals surface area (Å²) in [5.74, 6) is 5.55. The zero-order valence-corrected chi connectivity index (χ0v) is 7.47. The summed E-state index contributed by atoms with van der Waals surface area (Å²) < 4.78 is 1.40. The molecule has 2 aromatic rings. The van der Waals surface area contributed by atoms with Gasteiger partial charge in [0.1, 0.15) is 6.33 Å². The lowest BCUT2D eigenvalue weighted by atomic mass is 10.3. The average Bonchev–Trinajstić information content (AvgIpc) is 2.35. The van der Waals surface area contributed by atoms with E-state index in [1.54, 1.807) is 12.1 Å². The Kier molecular flexibility index (Phi) is 1.63. The quantitative estimate of drug-likeness (QED) is 0.664. The smallest absolute Gasteiger partial charge is 0.115 e. The number of hydrogen-bond donors (Lipinski definition) is 1. The molecule has 1 aromatic carbocycles. The van der Waals surface area contributed by atoms with Crippen molar-refractivity contribution in [3.8, 4) is 0 Å². The summed E-state index contributed by atoms with van der Waals surface area (Å²) in [6, 6.07) is 3.37. The van der Waals surface area contributed by atoms with E-state index in [1.807, 2.05) is 0 Å². The fourth-order valence-electron chi connectivity index (χ4n) is 1.02. The molecule has 0 aliphatic carbocycles. The fraction of sp³-hybridized carbons (Fsp3) is 0. The summed E-state index contributed by atoms with van der Waals surface area (Å²) in [6.07, 6.45) is 1.51. The van der Waals surface area contributed by atoms with Gasteiger partial charge >= 0.3 is 0 Å². The Balaban J connectivity index is 2.87. The van der Waals surface area contributed by atoms with E-state index in [9.17, 15) is 0 Å². The molecule has 1 aromatic heterocycles. The minimum absolute atomic E-state index is 0.483. The summed E-state index contributed by atoms with van der Waals surface area (Å²) in [5, 5.41) is 0.972. The normalized spacial score (nSPS) is 10.8. The van der Waals surface area contributed by atoms with Gasteiger partial charge in [0.2, 0.25) is 0 Å². The predicted octanol–water partition coefficient (Wildman–Crippen LogP) is 2.06. The van der Waals surface area contributed by atoms with Crippen LogP contribution in [0.4, 0.5) is 0 Å². The van der Waals surface area contributed by atoms with E-state index >= 15 is 0 Å². The van der Waals surface area contributed by atoms with E-state index in [2.05, 4.69) is 4.98 Å². The second-order valence-electron chi connectivity index (χ2n) is 2.41. The highest BCUT2D eigenvalue weighted by Crippen LogP contribution is 2.26. The van der Waals surface area contributed by atoms with Gasteiger partial charge in [-0.05, 0) is 12.1 Å². The predicted molar refractivity (Wildman–Crippen MR) is 49.9 cm³/mol. The van der Waals surface area contributed by atoms with Gasteiger partial charge in [0.15, 0.2) is 0 Å². The van der Waals surface area contributed by atoms with E-state index in [4.69, 9.17) is 29.0 Å². The van der Waals surface area contributed by atoms with Crippen LogP contribution in [0.15, 0.2) is 18.5 Å². The molecule has 0 bridgehead atoms. The minimum Gasteiger partial charge on any atom is -0.338 e. The lowest BCUT2D eigenvalue weighted by Crippen LogP contribution is -2.04. The van der Waals surface area contributed by atoms with Crippen LogP contribution in [0.5, 0.6) is 0 Å². The molecule has 0 radical (unpaired) electrons. The number of nitrogens with two attached hydrogens (primary N) is 1. The maximum absolute atomic E-state index is 5.79. The Morgan fingerprint density at radius 3 is 2.67 bits per heavy atom. The SMILES string of the molecule is Nn1cnc2cc(Cl)c(Cl)cc21.